The molecule has 1 N–H and O–H groups in total. The van der Waals surface area contributed by atoms with Crippen LogP contribution >= 0.6 is 11.6 Å². The van der Waals surface area contributed by atoms with Crippen LogP contribution in [0.25, 0.3) is 0 Å². The summed E-state index contributed by atoms with van der Waals surface area (Å²) in [7, 11) is 1.65. The average molecular weight is 325 g/mol. The molecule has 0 aliphatic carbocycles. The summed E-state index contributed by atoms with van der Waals surface area (Å²) in [5.41, 5.74) is 1.23. The van der Waals surface area contributed by atoms with Crippen molar-refractivity contribution in [2.45, 2.75) is 32.4 Å². The van der Waals surface area contributed by atoms with Crippen LogP contribution in [0, 0.1) is 5.92 Å². The number of halogens is 1. The first-order chi connectivity index (χ1) is 10.6. The van der Waals surface area contributed by atoms with E-state index in [0.29, 0.717) is 6.61 Å². The van der Waals surface area contributed by atoms with Gasteiger partial charge in [-0.2, -0.15) is 0 Å². The maximum atomic E-state index is 12.2. The van der Waals surface area contributed by atoms with E-state index in [0.717, 1.165) is 37.5 Å². The van der Waals surface area contributed by atoms with Crippen LogP contribution in [-0.4, -0.2) is 43.7 Å². The van der Waals surface area contributed by atoms with Gasteiger partial charge in [0.2, 0.25) is 5.91 Å². The minimum Gasteiger partial charge on any atom is -0.383 e. The van der Waals surface area contributed by atoms with E-state index in [1.165, 1.54) is 5.56 Å². The zero-order valence-corrected chi connectivity index (χ0v) is 14.1. The number of nitrogens with one attached hydrogen (secondary N) is 1. The number of amides is 1. The van der Waals surface area contributed by atoms with E-state index in [4.69, 9.17) is 16.3 Å². The van der Waals surface area contributed by atoms with Gasteiger partial charge in [0.1, 0.15) is 0 Å². The molecule has 1 fully saturated rings. The molecule has 1 aromatic rings. The van der Waals surface area contributed by atoms with Crippen molar-refractivity contribution in [3.05, 3.63) is 34.9 Å². The van der Waals surface area contributed by atoms with E-state index >= 15 is 0 Å². The average Bonchev–Trinajstić information content (AvgIpc) is 2.48. The maximum absolute atomic E-state index is 12.2. The van der Waals surface area contributed by atoms with Gasteiger partial charge in [-0.1, -0.05) is 23.7 Å². The number of hydrogen-bond acceptors (Lipinski definition) is 3. The normalized spacial score (nSPS) is 18.1. The number of methoxy groups -OCH3 is 1. The minimum absolute atomic E-state index is 0.0713. The summed E-state index contributed by atoms with van der Waals surface area (Å²) in [5, 5.41) is 3.80. The summed E-state index contributed by atoms with van der Waals surface area (Å²) in [6.45, 7) is 5.32. The van der Waals surface area contributed by atoms with Crippen LogP contribution in [0.2, 0.25) is 5.02 Å². The van der Waals surface area contributed by atoms with Gasteiger partial charge in [-0.05, 0) is 50.6 Å². The van der Waals surface area contributed by atoms with Gasteiger partial charge < -0.3 is 10.1 Å². The van der Waals surface area contributed by atoms with Crippen LogP contribution in [0.15, 0.2) is 24.3 Å². The van der Waals surface area contributed by atoms with Crippen LogP contribution in [0.1, 0.15) is 25.3 Å². The maximum Gasteiger partial charge on any atom is 0.223 e. The lowest BCUT2D eigenvalue weighted by Crippen LogP contribution is -2.44. The number of hydrogen-bond donors (Lipinski definition) is 1. The first-order valence-electron chi connectivity index (χ1n) is 7.84. The SMILES string of the molecule is COC[C@@H](C)NC(=O)C1CCN(Cc2cccc(Cl)c2)CC1. The van der Waals surface area contributed by atoms with Crippen molar-refractivity contribution in [3.8, 4) is 0 Å². The summed E-state index contributed by atoms with van der Waals surface area (Å²) in [5.74, 6) is 0.280. The zero-order chi connectivity index (χ0) is 15.9. The topological polar surface area (TPSA) is 41.6 Å². The summed E-state index contributed by atoms with van der Waals surface area (Å²) in [6, 6.07) is 8.05. The Balaban J connectivity index is 1.76. The molecule has 1 aliphatic rings. The fourth-order valence-corrected chi connectivity index (χ4v) is 3.11. The number of benzene rings is 1. The lowest BCUT2D eigenvalue weighted by Gasteiger charge is -2.31. The fourth-order valence-electron chi connectivity index (χ4n) is 2.90. The van der Waals surface area contributed by atoms with E-state index in [2.05, 4.69) is 16.3 Å². The third kappa shape index (κ3) is 5.27. The molecule has 1 amide bonds. The second-order valence-corrected chi connectivity index (χ2v) is 6.48. The van der Waals surface area contributed by atoms with Gasteiger partial charge in [0.05, 0.1) is 6.61 Å². The predicted molar refractivity (Wildman–Crippen MR) is 88.9 cm³/mol. The van der Waals surface area contributed by atoms with Crippen molar-refractivity contribution in [2.75, 3.05) is 26.8 Å². The van der Waals surface area contributed by atoms with Crippen molar-refractivity contribution < 1.29 is 9.53 Å². The fraction of sp³-hybridized carbons (Fsp3) is 0.588. The van der Waals surface area contributed by atoms with Crippen LogP contribution in [0.4, 0.5) is 0 Å². The molecule has 1 heterocycles. The van der Waals surface area contributed by atoms with Crippen LogP contribution < -0.4 is 5.32 Å². The van der Waals surface area contributed by atoms with Gasteiger partial charge in [-0.15, -0.1) is 0 Å². The number of likely N-dealkylation sites (tertiary alicyclic amines) is 1. The largest absolute Gasteiger partial charge is 0.383 e. The van der Waals surface area contributed by atoms with Crippen LogP contribution in [0.5, 0.6) is 0 Å². The second kappa shape index (κ2) is 8.51. The Morgan fingerprint density at radius 3 is 2.82 bits per heavy atom. The first-order valence-corrected chi connectivity index (χ1v) is 8.22. The van der Waals surface area contributed by atoms with Crippen LogP contribution in [-0.2, 0) is 16.1 Å². The minimum atomic E-state index is 0.0713. The van der Waals surface area contributed by atoms with Gasteiger partial charge in [-0.3, -0.25) is 9.69 Å². The molecule has 0 saturated carbocycles. The van der Waals surface area contributed by atoms with E-state index in [-0.39, 0.29) is 17.9 Å². The zero-order valence-electron chi connectivity index (χ0n) is 13.3. The smallest absolute Gasteiger partial charge is 0.223 e. The Morgan fingerprint density at radius 2 is 2.18 bits per heavy atom. The predicted octanol–water partition coefficient (Wildman–Crippen LogP) is 2.70. The summed E-state index contributed by atoms with van der Waals surface area (Å²) >= 11 is 6.02. The van der Waals surface area contributed by atoms with E-state index in [9.17, 15) is 4.79 Å². The number of piperidine rings is 1. The van der Waals surface area contributed by atoms with Crippen molar-refractivity contribution in [3.63, 3.8) is 0 Å². The van der Waals surface area contributed by atoms with Gasteiger partial charge in [0, 0.05) is 30.6 Å². The number of ether oxygens (including phenoxy) is 1. The lowest BCUT2D eigenvalue weighted by molar-refractivity contribution is -0.127. The third-order valence-electron chi connectivity index (χ3n) is 4.06. The van der Waals surface area contributed by atoms with Crippen molar-refractivity contribution in [1.82, 2.24) is 10.2 Å². The highest BCUT2D eigenvalue weighted by molar-refractivity contribution is 6.30. The number of carbonyl (C=O) groups excluding carboxylic acids is 1. The Kier molecular flexibility index (Phi) is 6.68. The number of carbonyl (C=O) groups is 1. The monoisotopic (exact) mass is 324 g/mol. The Labute approximate surface area is 137 Å². The molecule has 22 heavy (non-hydrogen) atoms. The van der Waals surface area contributed by atoms with Gasteiger partial charge in [0.15, 0.2) is 0 Å². The second-order valence-electron chi connectivity index (χ2n) is 6.05. The number of rotatable bonds is 6. The van der Waals surface area contributed by atoms with Gasteiger partial charge in [0.25, 0.3) is 0 Å². The Morgan fingerprint density at radius 1 is 1.45 bits per heavy atom. The molecular formula is C17H25ClN2O2. The highest BCUT2D eigenvalue weighted by Crippen LogP contribution is 2.20. The number of nitrogens with zero attached hydrogens (tertiary/aromatic N) is 1. The first kappa shape index (κ1) is 17.3. The molecule has 1 saturated heterocycles. The molecule has 0 radical (unpaired) electrons. The molecule has 0 aromatic heterocycles. The molecule has 5 heteroatoms. The van der Waals surface area contributed by atoms with Crippen molar-refractivity contribution >= 4 is 17.5 Å². The Hall–Kier alpha value is -1.10. The molecule has 0 bridgehead atoms. The van der Waals surface area contributed by atoms with Crippen molar-refractivity contribution in [2.24, 2.45) is 5.92 Å². The summed E-state index contributed by atoms with van der Waals surface area (Å²) in [4.78, 5) is 14.6. The van der Waals surface area contributed by atoms with Gasteiger partial charge in [-0.25, -0.2) is 0 Å². The van der Waals surface area contributed by atoms with Crippen LogP contribution in [0.3, 0.4) is 0 Å². The van der Waals surface area contributed by atoms with E-state index in [1.807, 2.05) is 25.1 Å². The summed E-state index contributed by atoms with van der Waals surface area (Å²) in [6.07, 6.45) is 1.82. The van der Waals surface area contributed by atoms with Gasteiger partial charge >= 0.3 is 0 Å². The lowest BCUT2D eigenvalue weighted by atomic mass is 9.95. The highest BCUT2D eigenvalue weighted by atomic mass is 35.5. The van der Waals surface area contributed by atoms with E-state index < -0.39 is 0 Å². The standard InChI is InChI=1S/C17H25ClN2O2/c1-13(12-22-2)19-17(21)15-6-8-20(9-7-15)11-14-4-3-5-16(18)10-14/h3-5,10,13,15H,6-9,11-12H2,1-2H3,(H,19,21)/t13-/m1/s1. The molecular weight excluding hydrogens is 300 g/mol. The third-order valence-corrected chi connectivity index (χ3v) is 4.29. The molecule has 1 aliphatic heterocycles. The molecule has 0 spiro atoms. The Bertz CT molecular complexity index is 487. The molecule has 2 rings (SSSR count). The van der Waals surface area contributed by atoms with Crippen molar-refractivity contribution in [1.29, 1.82) is 0 Å². The molecule has 122 valence electrons. The molecule has 1 aromatic carbocycles. The highest BCUT2D eigenvalue weighted by Gasteiger charge is 2.25. The summed E-state index contributed by atoms with van der Waals surface area (Å²) < 4.78 is 5.05. The molecule has 0 unspecified atom stereocenters. The quantitative estimate of drug-likeness (QED) is 0.874. The molecule has 4 nitrogen and oxygen atoms in total. The molecule has 1 atom stereocenters. The van der Waals surface area contributed by atoms with E-state index in [1.54, 1.807) is 7.11 Å².